The van der Waals surface area contributed by atoms with Crippen molar-refractivity contribution in [3.05, 3.63) is 35.5 Å². The number of benzene rings is 1. The summed E-state index contributed by atoms with van der Waals surface area (Å²) in [5.41, 5.74) is 2.50. The number of aromatic nitrogens is 1. The van der Waals surface area contributed by atoms with Gasteiger partial charge in [-0.15, -0.1) is 0 Å². The molecule has 19 heavy (non-hydrogen) atoms. The summed E-state index contributed by atoms with van der Waals surface area (Å²) < 4.78 is 12.2. The Hall–Kier alpha value is -2.30. The van der Waals surface area contributed by atoms with E-state index in [1.54, 1.807) is 6.07 Å². The number of hydrogen-bond acceptors (Lipinski definition) is 4. The van der Waals surface area contributed by atoms with Crippen LogP contribution in [0.3, 0.4) is 0 Å². The summed E-state index contributed by atoms with van der Waals surface area (Å²) in [4.78, 5) is 15.8. The number of rotatable bonds is 2. The smallest absolute Gasteiger partial charge is 0.337 e. The van der Waals surface area contributed by atoms with Gasteiger partial charge in [0.25, 0.3) is 0 Å². The van der Waals surface area contributed by atoms with Crippen LogP contribution in [-0.4, -0.2) is 36.7 Å². The monoisotopic (exact) mass is 258 g/mol. The second kappa shape index (κ2) is 4.42. The molecule has 1 aliphatic rings. The van der Waals surface area contributed by atoms with Gasteiger partial charge in [-0.1, -0.05) is 0 Å². The molecule has 0 N–H and O–H groups in total. The number of esters is 1. The highest BCUT2D eigenvalue weighted by molar-refractivity contribution is 6.01. The number of methoxy groups -OCH3 is 1. The zero-order valence-corrected chi connectivity index (χ0v) is 10.8. The molecule has 3 rings (SSSR count). The van der Waals surface area contributed by atoms with Crippen LogP contribution < -0.4 is 0 Å². The summed E-state index contributed by atoms with van der Waals surface area (Å²) >= 11 is 0. The lowest BCUT2D eigenvalue weighted by Crippen LogP contribution is -2.06. The van der Waals surface area contributed by atoms with Gasteiger partial charge in [0.2, 0.25) is 5.90 Å². The van der Waals surface area contributed by atoms with E-state index >= 15 is 0 Å². The van der Waals surface area contributed by atoms with E-state index in [2.05, 4.69) is 4.99 Å². The first-order chi connectivity index (χ1) is 9.20. The van der Waals surface area contributed by atoms with Gasteiger partial charge in [-0.25, -0.2) is 9.79 Å². The van der Waals surface area contributed by atoms with Crippen LogP contribution in [0.1, 0.15) is 16.1 Å². The van der Waals surface area contributed by atoms with E-state index < -0.39 is 0 Å². The SMILES string of the molecule is COC(=O)c1ccc2c(c1)cc(C1=NCCO1)n2C. The number of fused-ring (bicyclic) bond motifs is 1. The molecule has 1 aromatic heterocycles. The van der Waals surface area contributed by atoms with Gasteiger partial charge in [-0.3, -0.25) is 0 Å². The van der Waals surface area contributed by atoms with Crippen molar-refractivity contribution in [3.8, 4) is 0 Å². The second-order valence-corrected chi connectivity index (χ2v) is 4.39. The topological polar surface area (TPSA) is 52.8 Å². The van der Waals surface area contributed by atoms with Crippen molar-refractivity contribution < 1.29 is 14.3 Å². The maximum absolute atomic E-state index is 11.5. The fraction of sp³-hybridized carbons (Fsp3) is 0.286. The van der Waals surface area contributed by atoms with Crippen LogP contribution in [-0.2, 0) is 16.5 Å². The second-order valence-electron chi connectivity index (χ2n) is 4.39. The normalized spacial score (nSPS) is 14.3. The van der Waals surface area contributed by atoms with Gasteiger partial charge >= 0.3 is 5.97 Å². The number of aryl methyl sites for hydroxylation is 1. The molecule has 0 spiro atoms. The van der Waals surface area contributed by atoms with Crippen molar-refractivity contribution in [3.63, 3.8) is 0 Å². The molecular formula is C14H14N2O3. The lowest BCUT2D eigenvalue weighted by molar-refractivity contribution is 0.0601. The molecule has 0 saturated heterocycles. The molecule has 1 aromatic carbocycles. The molecule has 0 fully saturated rings. The van der Waals surface area contributed by atoms with E-state index in [1.165, 1.54) is 7.11 Å². The molecule has 5 heteroatoms. The Balaban J connectivity index is 2.12. The predicted octanol–water partition coefficient (Wildman–Crippen LogP) is 1.74. The van der Waals surface area contributed by atoms with Crippen LogP contribution in [0.15, 0.2) is 29.3 Å². The Labute approximate surface area is 110 Å². The first-order valence-corrected chi connectivity index (χ1v) is 6.06. The van der Waals surface area contributed by atoms with Crippen molar-refractivity contribution in [2.45, 2.75) is 0 Å². The molecule has 2 aromatic rings. The molecular weight excluding hydrogens is 244 g/mol. The Morgan fingerprint density at radius 1 is 1.42 bits per heavy atom. The molecule has 98 valence electrons. The van der Waals surface area contributed by atoms with E-state index in [-0.39, 0.29) is 5.97 Å². The maximum atomic E-state index is 11.5. The quantitative estimate of drug-likeness (QED) is 0.771. The molecule has 0 bridgehead atoms. The number of ether oxygens (including phenoxy) is 2. The molecule has 5 nitrogen and oxygen atoms in total. The van der Waals surface area contributed by atoms with Gasteiger partial charge in [0.1, 0.15) is 12.3 Å². The molecule has 0 amide bonds. The number of carbonyl (C=O) groups is 1. The Kier molecular flexibility index (Phi) is 2.74. The molecule has 0 atom stereocenters. The van der Waals surface area contributed by atoms with Crippen LogP contribution in [0, 0.1) is 0 Å². The minimum absolute atomic E-state index is 0.332. The van der Waals surface area contributed by atoms with E-state index in [1.807, 2.05) is 29.8 Å². The largest absolute Gasteiger partial charge is 0.474 e. The first kappa shape index (κ1) is 11.8. The lowest BCUT2D eigenvalue weighted by atomic mass is 10.1. The van der Waals surface area contributed by atoms with E-state index in [0.29, 0.717) is 24.6 Å². The van der Waals surface area contributed by atoms with Gasteiger partial charge < -0.3 is 14.0 Å². The van der Waals surface area contributed by atoms with Crippen LogP contribution in [0.25, 0.3) is 10.9 Å². The molecule has 0 saturated carbocycles. The van der Waals surface area contributed by atoms with Crippen LogP contribution in [0.5, 0.6) is 0 Å². The highest BCUT2D eigenvalue weighted by Gasteiger charge is 2.17. The summed E-state index contributed by atoms with van der Waals surface area (Å²) in [6.45, 7) is 1.33. The average Bonchev–Trinajstić information content (AvgIpc) is 3.05. The Morgan fingerprint density at radius 2 is 2.26 bits per heavy atom. The molecule has 0 radical (unpaired) electrons. The number of hydrogen-bond donors (Lipinski definition) is 0. The third kappa shape index (κ3) is 1.87. The summed E-state index contributed by atoms with van der Waals surface area (Å²) in [5.74, 6) is 0.333. The fourth-order valence-corrected chi connectivity index (χ4v) is 2.29. The van der Waals surface area contributed by atoms with Crippen molar-refractivity contribution in [1.29, 1.82) is 0 Å². The molecule has 0 aliphatic carbocycles. The first-order valence-electron chi connectivity index (χ1n) is 6.06. The summed E-state index contributed by atoms with van der Waals surface area (Å²) in [6, 6.07) is 7.46. The zero-order valence-electron chi connectivity index (χ0n) is 10.8. The minimum atomic E-state index is -0.332. The summed E-state index contributed by atoms with van der Waals surface area (Å²) in [6.07, 6.45) is 0. The van der Waals surface area contributed by atoms with Gasteiger partial charge in [0.15, 0.2) is 0 Å². The minimum Gasteiger partial charge on any atom is -0.474 e. The van der Waals surface area contributed by atoms with E-state index in [0.717, 1.165) is 16.6 Å². The van der Waals surface area contributed by atoms with Crippen molar-refractivity contribution in [2.75, 3.05) is 20.3 Å². The molecule has 1 aliphatic heterocycles. The number of carbonyl (C=O) groups excluding carboxylic acids is 1. The Morgan fingerprint density at radius 3 is 2.95 bits per heavy atom. The van der Waals surface area contributed by atoms with Crippen LogP contribution in [0.4, 0.5) is 0 Å². The molecule has 2 heterocycles. The van der Waals surface area contributed by atoms with Crippen LogP contribution in [0.2, 0.25) is 0 Å². The zero-order chi connectivity index (χ0) is 13.4. The van der Waals surface area contributed by atoms with E-state index in [4.69, 9.17) is 9.47 Å². The average molecular weight is 258 g/mol. The third-order valence-electron chi connectivity index (χ3n) is 3.27. The highest BCUT2D eigenvalue weighted by Crippen LogP contribution is 2.22. The van der Waals surface area contributed by atoms with Gasteiger partial charge in [0, 0.05) is 18.0 Å². The maximum Gasteiger partial charge on any atom is 0.337 e. The van der Waals surface area contributed by atoms with Crippen LogP contribution >= 0.6 is 0 Å². The summed E-state index contributed by atoms with van der Waals surface area (Å²) in [5, 5.41) is 0.971. The van der Waals surface area contributed by atoms with Crippen molar-refractivity contribution in [2.24, 2.45) is 12.0 Å². The third-order valence-corrected chi connectivity index (χ3v) is 3.27. The van der Waals surface area contributed by atoms with Crippen molar-refractivity contribution in [1.82, 2.24) is 4.57 Å². The van der Waals surface area contributed by atoms with Crippen molar-refractivity contribution >= 4 is 22.8 Å². The van der Waals surface area contributed by atoms with E-state index in [9.17, 15) is 4.79 Å². The van der Waals surface area contributed by atoms with Gasteiger partial charge in [-0.05, 0) is 24.3 Å². The Bertz CT molecular complexity index is 685. The van der Waals surface area contributed by atoms with Gasteiger partial charge in [0.05, 0.1) is 19.2 Å². The standard InChI is InChI=1S/C14H14N2O3/c1-16-11-4-3-9(14(17)18-2)7-10(11)8-12(16)13-15-5-6-19-13/h3-4,7-8H,5-6H2,1-2H3. The highest BCUT2D eigenvalue weighted by atomic mass is 16.5. The number of nitrogens with zero attached hydrogens (tertiary/aromatic N) is 2. The van der Waals surface area contributed by atoms with Gasteiger partial charge in [-0.2, -0.15) is 0 Å². The molecule has 0 unspecified atom stereocenters. The number of aliphatic imine (C=N–C) groups is 1. The fourth-order valence-electron chi connectivity index (χ4n) is 2.29. The lowest BCUT2D eigenvalue weighted by Gasteiger charge is -2.04. The summed E-state index contributed by atoms with van der Waals surface area (Å²) in [7, 11) is 3.34. The predicted molar refractivity (Wildman–Crippen MR) is 71.6 cm³/mol.